The number of aryl methyl sites for hydroxylation is 1. The molecule has 7 nitrogen and oxygen atoms in total. The van der Waals surface area contributed by atoms with Gasteiger partial charge in [0.15, 0.2) is 0 Å². The molecule has 45 heavy (non-hydrogen) atoms. The van der Waals surface area contributed by atoms with Gasteiger partial charge in [0.1, 0.15) is 12.6 Å². The minimum Gasteiger partial charge on any atom is -0.352 e. The second-order valence-corrected chi connectivity index (χ2v) is 13.7. The number of nitrogens with one attached hydrogen (secondary N) is 1. The largest absolute Gasteiger partial charge is 0.352 e. The van der Waals surface area contributed by atoms with Crippen LogP contribution >= 0.6 is 23.2 Å². The maximum Gasteiger partial charge on any atom is 0.264 e. The molecule has 4 aromatic rings. The number of hydrogen-bond donors (Lipinski definition) is 1. The zero-order valence-corrected chi connectivity index (χ0v) is 27.8. The molecule has 0 radical (unpaired) electrons. The summed E-state index contributed by atoms with van der Waals surface area (Å²) in [4.78, 5) is 29.8. The lowest BCUT2D eigenvalue weighted by Gasteiger charge is -2.34. The lowest BCUT2D eigenvalue weighted by molar-refractivity contribution is -0.140. The summed E-state index contributed by atoms with van der Waals surface area (Å²) in [7, 11) is -4.21. The summed E-state index contributed by atoms with van der Waals surface area (Å²) < 4.78 is 29.2. The normalized spacial score (nSPS) is 12.6. The van der Waals surface area contributed by atoms with Crippen LogP contribution in [0, 0.1) is 6.92 Å². The van der Waals surface area contributed by atoms with E-state index in [2.05, 4.69) is 5.32 Å². The Labute approximate surface area is 275 Å². The van der Waals surface area contributed by atoms with E-state index in [0.29, 0.717) is 22.2 Å². The van der Waals surface area contributed by atoms with Crippen molar-refractivity contribution in [1.82, 2.24) is 10.2 Å². The standard InChI is InChI=1S/C35H37Cl2N3O4S/c1-4-26(3)38-35(42)33(22-27-8-6-5-7-9-27)39(23-28-12-14-29(36)15-13-28)34(41)24-40(31-18-10-25(2)11-19-31)45(43,44)32-20-16-30(37)17-21-32/h5-21,26,33H,4,22-24H2,1-3H3,(H,38,42). The summed E-state index contributed by atoms with van der Waals surface area (Å²) in [6.45, 7) is 5.29. The zero-order chi connectivity index (χ0) is 32.6. The molecule has 2 unspecified atom stereocenters. The number of anilines is 1. The maximum atomic E-state index is 14.5. The Morgan fingerprint density at radius 3 is 1.96 bits per heavy atom. The number of halogens is 2. The van der Waals surface area contributed by atoms with Crippen LogP contribution < -0.4 is 9.62 Å². The fourth-order valence-corrected chi connectivity index (χ4v) is 6.42. The molecular formula is C35H37Cl2N3O4S. The van der Waals surface area contributed by atoms with Gasteiger partial charge in [-0.25, -0.2) is 8.42 Å². The third-order valence-electron chi connectivity index (χ3n) is 7.54. The van der Waals surface area contributed by atoms with Gasteiger partial charge in [-0.15, -0.1) is 0 Å². The number of carbonyl (C=O) groups is 2. The molecule has 0 aliphatic rings. The Morgan fingerprint density at radius 1 is 0.800 bits per heavy atom. The predicted molar refractivity (Wildman–Crippen MR) is 181 cm³/mol. The number of sulfonamides is 1. The smallest absolute Gasteiger partial charge is 0.264 e. The number of rotatable bonds is 13. The second-order valence-electron chi connectivity index (χ2n) is 11.0. The molecule has 0 bridgehead atoms. The molecule has 0 spiro atoms. The van der Waals surface area contributed by atoms with E-state index in [1.54, 1.807) is 48.5 Å². The Balaban J connectivity index is 1.80. The topological polar surface area (TPSA) is 86.8 Å². The van der Waals surface area contributed by atoms with Crippen LogP contribution in [0.1, 0.15) is 37.0 Å². The van der Waals surface area contributed by atoms with E-state index in [0.717, 1.165) is 21.0 Å². The van der Waals surface area contributed by atoms with E-state index in [9.17, 15) is 18.0 Å². The molecule has 0 fully saturated rings. The number of benzene rings is 4. The van der Waals surface area contributed by atoms with Crippen molar-refractivity contribution in [1.29, 1.82) is 0 Å². The van der Waals surface area contributed by atoms with Crippen LogP contribution in [0.2, 0.25) is 10.0 Å². The Hall–Kier alpha value is -3.85. The molecule has 0 saturated heterocycles. The van der Waals surface area contributed by atoms with E-state index < -0.39 is 28.5 Å². The van der Waals surface area contributed by atoms with Crippen molar-refractivity contribution >= 4 is 50.7 Å². The van der Waals surface area contributed by atoms with Crippen molar-refractivity contribution in [2.45, 2.75) is 57.1 Å². The van der Waals surface area contributed by atoms with E-state index >= 15 is 0 Å². The van der Waals surface area contributed by atoms with Crippen LogP contribution in [0.4, 0.5) is 5.69 Å². The summed E-state index contributed by atoms with van der Waals surface area (Å²) in [5.41, 5.74) is 2.85. The third-order valence-corrected chi connectivity index (χ3v) is 9.83. The molecule has 0 aromatic heterocycles. The fraction of sp³-hybridized carbons (Fsp3) is 0.257. The summed E-state index contributed by atoms with van der Waals surface area (Å²) in [5.74, 6) is -0.860. The van der Waals surface area contributed by atoms with Crippen molar-refractivity contribution in [2.75, 3.05) is 10.8 Å². The van der Waals surface area contributed by atoms with Gasteiger partial charge in [0.05, 0.1) is 10.6 Å². The molecule has 0 heterocycles. The number of amides is 2. The first-order valence-electron chi connectivity index (χ1n) is 14.7. The van der Waals surface area contributed by atoms with E-state index in [4.69, 9.17) is 23.2 Å². The molecule has 0 aliphatic carbocycles. The van der Waals surface area contributed by atoms with Gasteiger partial charge in [0.2, 0.25) is 11.8 Å². The highest BCUT2D eigenvalue weighted by Crippen LogP contribution is 2.26. The van der Waals surface area contributed by atoms with Crippen molar-refractivity contribution in [3.63, 3.8) is 0 Å². The van der Waals surface area contributed by atoms with Gasteiger partial charge in [-0.05, 0) is 79.9 Å². The highest BCUT2D eigenvalue weighted by Gasteiger charge is 2.35. The van der Waals surface area contributed by atoms with Crippen molar-refractivity contribution in [3.05, 3.63) is 130 Å². The number of hydrogen-bond acceptors (Lipinski definition) is 4. The quantitative estimate of drug-likeness (QED) is 0.166. The first-order valence-corrected chi connectivity index (χ1v) is 16.9. The van der Waals surface area contributed by atoms with Crippen LogP contribution in [-0.2, 0) is 32.6 Å². The Bertz CT molecular complexity index is 1680. The van der Waals surface area contributed by atoms with Crippen LogP contribution in [0.5, 0.6) is 0 Å². The maximum absolute atomic E-state index is 14.5. The fourth-order valence-electron chi connectivity index (χ4n) is 4.76. The summed E-state index contributed by atoms with van der Waals surface area (Å²) in [5, 5.41) is 3.95. The molecule has 4 rings (SSSR count). The lowest BCUT2D eigenvalue weighted by atomic mass is 10.0. The minimum atomic E-state index is -4.21. The molecule has 0 aliphatic heterocycles. The first-order chi connectivity index (χ1) is 21.5. The molecule has 2 atom stereocenters. The van der Waals surface area contributed by atoms with Crippen LogP contribution in [-0.4, -0.2) is 43.8 Å². The van der Waals surface area contributed by atoms with Gasteiger partial charge in [0.25, 0.3) is 10.0 Å². The number of nitrogens with zero attached hydrogens (tertiary/aromatic N) is 2. The molecule has 0 saturated carbocycles. The Morgan fingerprint density at radius 2 is 1.38 bits per heavy atom. The molecule has 10 heteroatoms. The average Bonchev–Trinajstić information content (AvgIpc) is 3.03. The highest BCUT2D eigenvalue weighted by molar-refractivity contribution is 7.92. The van der Waals surface area contributed by atoms with Crippen LogP contribution in [0.25, 0.3) is 0 Å². The van der Waals surface area contributed by atoms with Crippen LogP contribution in [0.3, 0.4) is 0 Å². The van der Waals surface area contributed by atoms with Gasteiger partial charge >= 0.3 is 0 Å². The van der Waals surface area contributed by atoms with Crippen molar-refractivity contribution < 1.29 is 18.0 Å². The Kier molecular flexibility index (Phi) is 11.7. The summed E-state index contributed by atoms with van der Waals surface area (Å²) in [6.07, 6.45) is 0.937. The van der Waals surface area contributed by atoms with E-state index in [-0.39, 0.29) is 29.8 Å². The predicted octanol–water partition coefficient (Wildman–Crippen LogP) is 7.05. The van der Waals surface area contributed by atoms with Crippen molar-refractivity contribution in [2.24, 2.45) is 0 Å². The monoisotopic (exact) mass is 665 g/mol. The van der Waals surface area contributed by atoms with Gasteiger partial charge < -0.3 is 10.2 Å². The molecule has 4 aromatic carbocycles. The van der Waals surface area contributed by atoms with E-state index in [1.807, 2.05) is 51.1 Å². The van der Waals surface area contributed by atoms with Crippen molar-refractivity contribution in [3.8, 4) is 0 Å². The number of carbonyl (C=O) groups excluding carboxylic acids is 2. The summed E-state index contributed by atoms with van der Waals surface area (Å²) >= 11 is 12.2. The van der Waals surface area contributed by atoms with Gasteiger partial charge in [0, 0.05) is 29.1 Å². The minimum absolute atomic E-state index is 0.0140. The highest BCUT2D eigenvalue weighted by atomic mass is 35.5. The van der Waals surface area contributed by atoms with E-state index in [1.165, 1.54) is 29.2 Å². The summed E-state index contributed by atoms with van der Waals surface area (Å²) in [6, 6.07) is 28.1. The van der Waals surface area contributed by atoms with Crippen LogP contribution in [0.15, 0.2) is 108 Å². The zero-order valence-electron chi connectivity index (χ0n) is 25.5. The van der Waals surface area contributed by atoms with Gasteiger partial charge in [-0.3, -0.25) is 13.9 Å². The SMILES string of the molecule is CCC(C)NC(=O)C(Cc1ccccc1)N(Cc1ccc(Cl)cc1)C(=O)CN(c1ccc(C)cc1)S(=O)(=O)c1ccc(Cl)cc1. The molecule has 2 amide bonds. The molecule has 236 valence electrons. The van der Waals surface area contributed by atoms with Gasteiger partial charge in [-0.1, -0.05) is 90.3 Å². The molecule has 1 N–H and O–H groups in total. The molecular weight excluding hydrogens is 629 g/mol. The second kappa shape index (κ2) is 15.4. The average molecular weight is 667 g/mol. The first kappa shape index (κ1) is 34.0. The third kappa shape index (κ3) is 9.10. The lowest BCUT2D eigenvalue weighted by Crippen LogP contribution is -2.54. The van der Waals surface area contributed by atoms with Gasteiger partial charge in [-0.2, -0.15) is 0 Å².